The van der Waals surface area contributed by atoms with Crippen molar-refractivity contribution in [2.24, 2.45) is 0 Å². The molecule has 2 aromatic rings. The fourth-order valence-electron chi connectivity index (χ4n) is 2.97. The molecule has 0 aromatic heterocycles. The van der Waals surface area contributed by atoms with E-state index in [4.69, 9.17) is 4.74 Å². The van der Waals surface area contributed by atoms with Gasteiger partial charge in [0.05, 0.1) is 18.8 Å². The fraction of sp³-hybridized carbons (Fsp3) is 0.333. The summed E-state index contributed by atoms with van der Waals surface area (Å²) in [5.74, 6) is -0.123. The Morgan fingerprint density at radius 2 is 1.82 bits per heavy atom. The third-order valence-corrected chi connectivity index (χ3v) is 4.80. The first-order chi connectivity index (χ1) is 10.8. The fourth-order valence-corrected chi connectivity index (χ4v) is 3.50. The van der Waals surface area contributed by atoms with Crippen molar-refractivity contribution in [3.8, 4) is 0 Å². The van der Waals surface area contributed by atoms with E-state index >= 15 is 0 Å². The third kappa shape index (κ3) is 3.41. The Bertz CT molecular complexity index is 599. The van der Waals surface area contributed by atoms with Crippen molar-refractivity contribution in [3.05, 3.63) is 70.2 Å². The van der Waals surface area contributed by atoms with Crippen LogP contribution in [0.5, 0.6) is 0 Å². The summed E-state index contributed by atoms with van der Waals surface area (Å²) in [7, 11) is 0. The molecule has 3 atom stereocenters. The van der Waals surface area contributed by atoms with E-state index in [1.165, 1.54) is 0 Å². The lowest BCUT2D eigenvalue weighted by molar-refractivity contribution is -0.0577. The molecule has 22 heavy (non-hydrogen) atoms. The van der Waals surface area contributed by atoms with Crippen LogP contribution in [-0.2, 0) is 4.74 Å². The van der Waals surface area contributed by atoms with Crippen molar-refractivity contribution in [1.82, 2.24) is 5.32 Å². The van der Waals surface area contributed by atoms with Crippen molar-refractivity contribution in [2.45, 2.75) is 18.1 Å². The van der Waals surface area contributed by atoms with E-state index in [1.807, 2.05) is 36.4 Å². The molecule has 1 aliphatic rings. The molecule has 1 heterocycles. The maximum atomic E-state index is 11.0. The van der Waals surface area contributed by atoms with Crippen molar-refractivity contribution in [3.63, 3.8) is 0 Å². The molecule has 3 nitrogen and oxygen atoms in total. The minimum absolute atomic E-state index is 0.123. The van der Waals surface area contributed by atoms with E-state index in [2.05, 4.69) is 39.4 Å². The predicted molar refractivity (Wildman–Crippen MR) is 91.0 cm³/mol. The van der Waals surface area contributed by atoms with Gasteiger partial charge in [0.25, 0.3) is 0 Å². The van der Waals surface area contributed by atoms with Crippen LogP contribution < -0.4 is 5.32 Å². The standard InChI is InChI=1S/C18H20BrNO2/c19-15-9-5-4-8-14(15)17(13-6-2-1-3-7-13)18(21)16-12-20-10-11-22-16/h1-9,16-18,20-21H,10-12H2. The monoisotopic (exact) mass is 361 g/mol. The molecule has 0 bridgehead atoms. The molecule has 3 unspecified atom stereocenters. The van der Waals surface area contributed by atoms with Crippen LogP contribution in [0.2, 0.25) is 0 Å². The van der Waals surface area contributed by atoms with Crippen LogP contribution in [0.15, 0.2) is 59.1 Å². The molecule has 0 spiro atoms. The van der Waals surface area contributed by atoms with Crippen molar-refractivity contribution in [1.29, 1.82) is 0 Å². The van der Waals surface area contributed by atoms with Gasteiger partial charge in [-0.15, -0.1) is 0 Å². The Labute approximate surface area is 139 Å². The molecule has 4 heteroatoms. The Hall–Kier alpha value is -1.20. The van der Waals surface area contributed by atoms with Gasteiger partial charge < -0.3 is 15.2 Å². The van der Waals surface area contributed by atoms with Gasteiger partial charge in [0.15, 0.2) is 0 Å². The van der Waals surface area contributed by atoms with Gasteiger partial charge in [0, 0.05) is 23.5 Å². The lowest BCUT2D eigenvalue weighted by Crippen LogP contribution is -2.47. The highest BCUT2D eigenvalue weighted by molar-refractivity contribution is 9.10. The van der Waals surface area contributed by atoms with E-state index < -0.39 is 6.10 Å². The minimum Gasteiger partial charge on any atom is -0.389 e. The molecule has 0 saturated carbocycles. The number of ether oxygens (including phenoxy) is 1. The highest BCUT2D eigenvalue weighted by Gasteiger charge is 2.32. The first-order valence-electron chi connectivity index (χ1n) is 7.57. The molecule has 2 aromatic carbocycles. The molecule has 116 valence electrons. The molecule has 2 N–H and O–H groups in total. The number of nitrogens with one attached hydrogen (secondary N) is 1. The molecule has 1 saturated heterocycles. The van der Waals surface area contributed by atoms with Crippen molar-refractivity contribution in [2.75, 3.05) is 19.7 Å². The zero-order valence-electron chi connectivity index (χ0n) is 12.3. The maximum Gasteiger partial charge on any atom is 0.0967 e. The van der Waals surface area contributed by atoms with Crippen LogP contribution in [0.1, 0.15) is 17.0 Å². The highest BCUT2D eigenvalue weighted by Crippen LogP contribution is 2.34. The van der Waals surface area contributed by atoms with Crippen molar-refractivity contribution >= 4 is 15.9 Å². The summed E-state index contributed by atoms with van der Waals surface area (Å²) < 4.78 is 6.78. The number of benzene rings is 2. The van der Waals surface area contributed by atoms with Crippen LogP contribution in [0.4, 0.5) is 0 Å². The lowest BCUT2D eigenvalue weighted by atomic mass is 9.84. The second kappa shape index (κ2) is 7.38. The lowest BCUT2D eigenvalue weighted by Gasteiger charge is -2.33. The first-order valence-corrected chi connectivity index (χ1v) is 8.36. The normalized spacial score (nSPS) is 21.3. The third-order valence-electron chi connectivity index (χ3n) is 4.08. The molecule has 1 fully saturated rings. The Kier molecular flexibility index (Phi) is 5.26. The second-order valence-corrected chi connectivity index (χ2v) is 6.37. The summed E-state index contributed by atoms with van der Waals surface area (Å²) in [4.78, 5) is 0. The molecule has 0 amide bonds. The van der Waals surface area contributed by atoms with E-state index in [1.54, 1.807) is 0 Å². The first kappa shape index (κ1) is 15.7. The summed E-state index contributed by atoms with van der Waals surface area (Å²) >= 11 is 3.62. The Morgan fingerprint density at radius 3 is 2.50 bits per heavy atom. The number of hydrogen-bond donors (Lipinski definition) is 2. The van der Waals surface area contributed by atoms with Gasteiger partial charge in [-0.25, -0.2) is 0 Å². The number of aliphatic hydroxyl groups is 1. The number of aliphatic hydroxyl groups excluding tert-OH is 1. The largest absolute Gasteiger partial charge is 0.389 e. The average Bonchev–Trinajstić information content (AvgIpc) is 2.58. The smallest absolute Gasteiger partial charge is 0.0967 e. The summed E-state index contributed by atoms with van der Waals surface area (Å²) in [5, 5.41) is 14.3. The molecular formula is C18H20BrNO2. The quantitative estimate of drug-likeness (QED) is 0.879. The van der Waals surface area contributed by atoms with Gasteiger partial charge in [0.1, 0.15) is 0 Å². The van der Waals surface area contributed by atoms with Crippen LogP contribution in [0.3, 0.4) is 0 Å². The average molecular weight is 362 g/mol. The van der Waals surface area contributed by atoms with Gasteiger partial charge in [-0.2, -0.15) is 0 Å². The van der Waals surface area contributed by atoms with Crippen LogP contribution in [0.25, 0.3) is 0 Å². The number of halogens is 1. The predicted octanol–water partition coefficient (Wildman–Crippen LogP) is 2.93. The zero-order valence-corrected chi connectivity index (χ0v) is 13.9. The topological polar surface area (TPSA) is 41.5 Å². The van der Waals surface area contributed by atoms with E-state index in [0.29, 0.717) is 13.2 Å². The second-order valence-electron chi connectivity index (χ2n) is 5.51. The van der Waals surface area contributed by atoms with Gasteiger partial charge in [0.2, 0.25) is 0 Å². The van der Waals surface area contributed by atoms with Gasteiger partial charge in [-0.05, 0) is 17.2 Å². The minimum atomic E-state index is -0.603. The van der Waals surface area contributed by atoms with E-state index in [9.17, 15) is 5.11 Å². The number of hydrogen-bond acceptors (Lipinski definition) is 3. The summed E-state index contributed by atoms with van der Waals surface area (Å²) in [6.45, 7) is 2.16. The molecular weight excluding hydrogens is 342 g/mol. The molecule has 0 aliphatic carbocycles. The van der Waals surface area contributed by atoms with Gasteiger partial charge in [-0.1, -0.05) is 64.5 Å². The summed E-state index contributed by atoms with van der Waals surface area (Å²) in [6.07, 6.45) is -0.806. The maximum absolute atomic E-state index is 11.0. The molecule has 0 radical (unpaired) electrons. The van der Waals surface area contributed by atoms with Gasteiger partial charge >= 0.3 is 0 Å². The summed E-state index contributed by atoms with van der Waals surface area (Å²) in [5.41, 5.74) is 2.17. The number of morpholine rings is 1. The van der Waals surface area contributed by atoms with Crippen LogP contribution in [-0.4, -0.2) is 37.0 Å². The zero-order chi connectivity index (χ0) is 15.4. The van der Waals surface area contributed by atoms with E-state index in [-0.39, 0.29) is 12.0 Å². The van der Waals surface area contributed by atoms with Crippen molar-refractivity contribution < 1.29 is 9.84 Å². The van der Waals surface area contributed by atoms with Gasteiger partial charge in [-0.3, -0.25) is 0 Å². The number of rotatable bonds is 4. The van der Waals surface area contributed by atoms with Crippen LogP contribution in [0, 0.1) is 0 Å². The SMILES string of the molecule is OC(C1CNCCO1)C(c1ccccc1)c1ccccc1Br. The highest BCUT2D eigenvalue weighted by atomic mass is 79.9. The molecule has 1 aliphatic heterocycles. The van der Waals surface area contributed by atoms with E-state index in [0.717, 1.165) is 22.1 Å². The Morgan fingerprint density at radius 1 is 1.09 bits per heavy atom. The molecule has 3 rings (SSSR count). The summed E-state index contributed by atoms with van der Waals surface area (Å²) in [6, 6.07) is 18.2. The Balaban J connectivity index is 1.97. The van der Waals surface area contributed by atoms with Crippen LogP contribution >= 0.6 is 15.9 Å².